The highest BCUT2D eigenvalue weighted by atomic mass is 19.4. The molecule has 1 aromatic rings. The second-order valence-electron chi connectivity index (χ2n) is 8.74. The Labute approximate surface area is 185 Å². The maximum absolute atomic E-state index is 12.9. The molecule has 1 aliphatic heterocycles. The van der Waals surface area contributed by atoms with E-state index in [0.29, 0.717) is 24.9 Å². The third-order valence-electron chi connectivity index (χ3n) is 4.89. The van der Waals surface area contributed by atoms with Crippen LogP contribution in [-0.4, -0.2) is 60.2 Å². The zero-order valence-electron chi connectivity index (χ0n) is 18.7. The molecule has 32 heavy (non-hydrogen) atoms. The van der Waals surface area contributed by atoms with Crippen molar-refractivity contribution in [3.05, 3.63) is 35.4 Å². The average Bonchev–Trinajstić information content (AvgIpc) is 3.10. The summed E-state index contributed by atoms with van der Waals surface area (Å²) in [7, 11) is 1.58. The van der Waals surface area contributed by atoms with Gasteiger partial charge in [-0.05, 0) is 57.7 Å². The van der Waals surface area contributed by atoms with Gasteiger partial charge in [-0.15, -0.1) is 0 Å². The highest BCUT2D eigenvalue weighted by molar-refractivity contribution is 5.94. The second kappa shape index (κ2) is 10.2. The number of cyclic esters (lactones) is 1. The fourth-order valence-electron chi connectivity index (χ4n) is 3.25. The van der Waals surface area contributed by atoms with E-state index in [1.165, 1.54) is 17.0 Å². The fraction of sp³-hybridized carbons (Fsp3) is 0.591. The van der Waals surface area contributed by atoms with Crippen LogP contribution in [0.4, 0.5) is 22.8 Å². The van der Waals surface area contributed by atoms with E-state index in [0.717, 1.165) is 17.0 Å². The Morgan fingerprint density at radius 3 is 2.31 bits per heavy atom. The summed E-state index contributed by atoms with van der Waals surface area (Å²) in [5.74, 6) is -1.09. The maximum atomic E-state index is 12.9. The van der Waals surface area contributed by atoms with Gasteiger partial charge in [0.15, 0.2) is 0 Å². The summed E-state index contributed by atoms with van der Waals surface area (Å²) in [5.41, 5.74) is -0.863. The summed E-state index contributed by atoms with van der Waals surface area (Å²) in [6.45, 7) is 5.83. The first-order valence-electron chi connectivity index (χ1n) is 10.4. The first-order chi connectivity index (χ1) is 14.8. The van der Waals surface area contributed by atoms with E-state index in [1.54, 1.807) is 27.8 Å². The quantitative estimate of drug-likeness (QED) is 0.602. The molecule has 0 saturated carbocycles. The number of hydrogen-bond acceptors (Lipinski definition) is 5. The van der Waals surface area contributed by atoms with Crippen molar-refractivity contribution < 1.29 is 37.0 Å². The molecule has 10 heteroatoms. The van der Waals surface area contributed by atoms with Crippen molar-refractivity contribution in [3.63, 3.8) is 0 Å². The fourth-order valence-corrected chi connectivity index (χ4v) is 3.25. The molecule has 1 saturated heterocycles. The molecule has 0 bridgehead atoms. The Balaban J connectivity index is 2.05. The third-order valence-corrected chi connectivity index (χ3v) is 4.89. The molecule has 0 aromatic heterocycles. The van der Waals surface area contributed by atoms with Crippen molar-refractivity contribution in [1.82, 2.24) is 9.80 Å². The molecule has 178 valence electrons. The Kier molecular flexibility index (Phi) is 8.14. The summed E-state index contributed by atoms with van der Waals surface area (Å²) in [6.07, 6.45) is -4.73. The summed E-state index contributed by atoms with van der Waals surface area (Å²) in [5, 5.41) is 0. The van der Waals surface area contributed by atoms with Crippen molar-refractivity contribution in [2.75, 3.05) is 26.7 Å². The minimum Gasteiger partial charge on any atom is -0.447 e. The lowest BCUT2D eigenvalue weighted by atomic mass is 9.92. The van der Waals surface area contributed by atoms with Crippen LogP contribution in [0, 0.1) is 5.92 Å². The van der Waals surface area contributed by atoms with E-state index < -0.39 is 41.4 Å². The molecule has 2 rings (SSSR count). The van der Waals surface area contributed by atoms with Crippen molar-refractivity contribution in [2.24, 2.45) is 5.92 Å². The Morgan fingerprint density at radius 2 is 1.81 bits per heavy atom. The van der Waals surface area contributed by atoms with Gasteiger partial charge in [-0.3, -0.25) is 4.79 Å². The SMILES string of the molecule is CN(CCCC(Cc1ccc(C(F)(F)F)cc1)C(=O)N1CCOC1=O)C(=O)OC(C)(C)C. The standard InChI is InChI=1S/C22H29F3N2O5/c1-21(2,3)32-19(29)26(4)11-5-6-16(18(28)27-12-13-31-20(27)30)14-15-7-9-17(10-8-15)22(23,24)25/h7-10,16H,5-6,11-14H2,1-4H3. The number of alkyl halides is 3. The van der Waals surface area contributed by atoms with Gasteiger partial charge in [0.05, 0.1) is 12.1 Å². The second-order valence-corrected chi connectivity index (χ2v) is 8.74. The number of ether oxygens (including phenoxy) is 2. The Bertz CT molecular complexity index is 818. The number of rotatable bonds is 7. The molecule has 1 unspecified atom stereocenters. The highest BCUT2D eigenvalue weighted by Gasteiger charge is 2.34. The number of imide groups is 1. The van der Waals surface area contributed by atoms with Gasteiger partial charge in [-0.25, -0.2) is 14.5 Å². The van der Waals surface area contributed by atoms with Crippen LogP contribution in [0.2, 0.25) is 0 Å². The molecule has 0 radical (unpaired) electrons. The van der Waals surface area contributed by atoms with E-state index in [-0.39, 0.29) is 19.6 Å². The molecule has 1 aliphatic rings. The van der Waals surface area contributed by atoms with Gasteiger partial charge in [-0.1, -0.05) is 12.1 Å². The summed E-state index contributed by atoms with van der Waals surface area (Å²) in [6, 6.07) is 4.60. The van der Waals surface area contributed by atoms with Crippen LogP contribution in [0.1, 0.15) is 44.7 Å². The average molecular weight is 458 g/mol. The van der Waals surface area contributed by atoms with Crippen molar-refractivity contribution >= 4 is 18.1 Å². The number of carbonyl (C=O) groups is 3. The number of halogens is 3. The van der Waals surface area contributed by atoms with Crippen LogP contribution in [0.5, 0.6) is 0 Å². The van der Waals surface area contributed by atoms with Gasteiger partial charge in [0.2, 0.25) is 5.91 Å². The maximum Gasteiger partial charge on any atom is 0.416 e. The van der Waals surface area contributed by atoms with Gasteiger partial charge in [0.1, 0.15) is 12.2 Å². The van der Waals surface area contributed by atoms with Crippen molar-refractivity contribution in [3.8, 4) is 0 Å². The minimum absolute atomic E-state index is 0.110. The molecule has 3 amide bonds. The van der Waals surface area contributed by atoms with E-state index in [9.17, 15) is 27.6 Å². The van der Waals surface area contributed by atoms with Crippen LogP contribution in [-0.2, 0) is 26.9 Å². The number of nitrogens with zero attached hydrogens (tertiary/aromatic N) is 2. The predicted octanol–water partition coefficient (Wildman–Crippen LogP) is 4.49. The van der Waals surface area contributed by atoms with Gasteiger partial charge >= 0.3 is 18.4 Å². The third kappa shape index (κ3) is 7.42. The first kappa shape index (κ1) is 25.5. The van der Waals surface area contributed by atoms with E-state index in [1.807, 2.05) is 0 Å². The monoisotopic (exact) mass is 458 g/mol. The minimum atomic E-state index is -4.45. The van der Waals surface area contributed by atoms with Gasteiger partial charge in [-0.2, -0.15) is 13.2 Å². The lowest BCUT2D eigenvalue weighted by molar-refractivity contribution is -0.137. The van der Waals surface area contributed by atoms with Crippen LogP contribution in [0.25, 0.3) is 0 Å². The van der Waals surface area contributed by atoms with E-state index in [2.05, 4.69) is 0 Å². The number of benzene rings is 1. The number of carbonyl (C=O) groups excluding carboxylic acids is 3. The molecule has 1 heterocycles. The number of amides is 3. The lowest BCUT2D eigenvalue weighted by Crippen LogP contribution is -2.38. The van der Waals surface area contributed by atoms with E-state index >= 15 is 0 Å². The molecule has 0 N–H and O–H groups in total. The normalized spacial score (nSPS) is 15.3. The van der Waals surface area contributed by atoms with Crippen LogP contribution in [0.3, 0.4) is 0 Å². The molecular formula is C22H29F3N2O5. The molecular weight excluding hydrogens is 429 g/mol. The smallest absolute Gasteiger partial charge is 0.416 e. The molecule has 1 atom stereocenters. The Morgan fingerprint density at radius 1 is 1.19 bits per heavy atom. The topological polar surface area (TPSA) is 76.2 Å². The van der Waals surface area contributed by atoms with Gasteiger partial charge in [0, 0.05) is 19.5 Å². The van der Waals surface area contributed by atoms with Crippen molar-refractivity contribution in [1.29, 1.82) is 0 Å². The first-order valence-corrected chi connectivity index (χ1v) is 10.4. The summed E-state index contributed by atoms with van der Waals surface area (Å²) >= 11 is 0. The molecule has 1 fully saturated rings. The molecule has 0 spiro atoms. The summed E-state index contributed by atoms with van der Waals surface area (Å²) in [4.78, 5) is 39.3. The molecule has 7 nitrogen and oxygen atoms in total. The zero-order valence-corrected chi connectivity index (χ0v) is 18.7. The van der Waals surface area contributed by atoms with Crippen LogP contribution < -0.4 is 0 Å². The number of hydrogen-bond donors (Lipinski definition) is 0. The predicted molar refractivity (Wildman–Crippen MR) is 110 cm³/mol. The lowest BCUT2D eigenvalue weighted by Gasteiger charge is -2.25. The largest absolute Gasteiger partial charge is 0.447 e. The molecule has 1 aromatic carbocycles. The van der Waals surface area contributed by atoms with Crippen LogP contribution in [0.15, 0.2) is 24.3 Å². The van der Waals surface area contributed by atoms with E-state index in [4.69, 9.17) is 9.47 Å². The van der Waals surface area contributed by atoms with Gasteiger partial charge in [0.25, 0.3) is 0 Å². The molecule has 0 aliphatic carbocycles. The zero-order chi connectivity index (χ0) is 24.1. The Hall–Kier alpha value is -2.78. The van der Waals surface area contributed by atoms with Gasteiger partial charge < -0.3 is 14.4 Å². The highest BCUT2D eigenvalue weighted by Crippen LogP contribution is 2.30. The van der Waals surface area contributed by atoms with Crippen molar-refractivity contribution in [2.45, 2.75) is 51.8 Å². The van der Waals surface area contributed by atoms with Crippen LogP contribution >= 0.6 is 0 Å². The summed E-state index contributed by atoms with van der Waals surface area (Å²) < 4.78 is 48.6.